The van der Waals surface area contributed by atoms with Gasteiger partial charge in [-0.05, 0) is 52.1 Å². The van der Waals surface area contributed by atoms with Crippen molar-refractivity contribution in [3.05, 3.63) is 33.4 Å². The zero-order valence-electron chi connectivity index (χ0n) is 13.5. The van der Waals surface area contributed by atoms with E-state index in [1.54, 1.807) is 13.0 Å². The Morgan fingerprint density at radius 2 is 1.71 bits per heavy atom. The van der Waals surface area contributed by atoms with Gasteiger partial charge in [0, 0.05) is 11.6 Å². The van der Waals surface area contributed by atoms with Gasteiger partial charge in [-0.1, -0.05) is 13.0 Å². The lowest BCUT2D eigenvalue weighted by atomic mass is 9.77. The Kier molecular flexibility index (Phi) is 3.89. The van der Waals surface area contributed by atoms with E-state index >= 15 is 0 Å². The Morgan fingerprint density at radius 3 is 2.14 bits per heavy atom. The Morgan fingerprint density at radius 1 is 1.19 bits per heavy atom. The zero-order chi connectivity index (χ0) is 16.0. The molecule has 1 heterocycles. The van der Waals surface area contributed by atoms with Crippen LogP contribution in [0.5, 0.6) is 0 Å². The normalized spacial score (nSPS) is 19.8. The summed E-state index contributed by atoms with van der Waals surface area (Å²) in [6.45, 7) is 11.6. The van der Waals surface area contributed by atoms with Crippen molar-refractivity contribution in [1.82, 2.24) is 0 Å². The largest absolute Gasteiger partial charge is 0.495 e. The summed E-state index contributed by atoms with van der Waals surface area (Å²) in [7, 11) is -0.570. The second-order valence-corrected chi connectivity index (χ2v) is 6.52. The number of nitro benzene ring substituents is 1. The SMILES string of the molecule is CCc1cc(B2OC(C)(C)C(C)(C)O2)cc([N+](=O)[O-])c1C. The van der Waals surface area contributed by atoms with Crippen LogP contribution >= 0.6 is 0 Å². The molecule has 6 heteroatoms. The van der Waals surface area contributed by atoms with Crippen molar-refractivity contribution >= 4 is 18.3 Å². The summed E-state index contributed by atoms with van der Waals surface area (Å²) in [5.41, 5.74) is 1.59. The molecule has 0 atom stereocenters. The van der Waals surface area contributed by atoms with Gasteiger partial charge in [0.15, 0.2) is 0 Å². The molecule has 1 aliphatic heterocycles. The molecule has 0 bridgehead atoms. The number of rotatable bonds is 3. The first-order valence-corrected chi connectivity index (χ1v) is 7.22. The summed E-state index contributed by atoms with van der Waals surface area (Å²) in [5, 5.41) is 11.2. The summed E-state index contributed by atoms with van der Waals surface area (Å²) < 4.78 is 12.0. The maximum absolute atomic E-state index is 11.2. The van der Waals surface area contributed by atoms with E-state index in [-0.39, 0.29) is 10.6 Å². The molecule has 0 spiro atoms. The predicted molar refractivity (Wildman–Crippen MR) is 82.9 cm³/mol. The van der Waals surface area contributed by atoms with E-state index in [1.807, 2.05) is 40.7 Å². The van der Waals surface area contributed by atoms with Crippen LogP contribution in [-0.4, -0.2) is 23.2 Å². The van der Waals surface area contributed by atoms with Crippen molar-refractivity contribution in [3.63, 3.8) is 0 Å². The lowest BCUT2D eigenvalue weighted by Gasteiger charge is -2.32. The van der Waals surface area contributed by atoms with Crippen LogP contribution < -0.4 is 5.46 Å². The summed E-state index contributed by atoms with van der Waals surface area (Å²) in [6, 6.07) is 3.51. The number of nitrogens with zero attached hydrogens (tertiary/aromatic N) is 1. The van der Waals surface area contributed by atoms with Crippen LogP contribution in [0.15, 0.2) is 12.1 Å². The number of nitro groups is 1. The number of aryl methyl sites for hydroxylation is 1. The van der Waals surface area contributed by atoms with Crippen molar-refractivity contribution in [3.8, 4) is 0 Å². The summed E-state index contributed by atoms with van der Waals surface area (Å²) in [4.78, 5) is 10.9. The van der Waals surface area contributed by atoms with E-state index in [0.717, 1.165) is 12.0 Å². The third kappa shape index (κ3) is 2.70. The number of hydrogen-bond donors (Lipinski definition) is 0. The van der Waals surface area contributed by atoms with Gasteiger partial charge in [-0.15, -0.1) is 0 Å². The second kappa shape index (κ2) is 5.11. The third-order valence-electron chi connectivity index (χ3n) is 4.61. The highest BCUT2D eigenvalue weighted by atomic mass is 16.7. The fourth-order valence-corrected chi connectivity index (χ4v) is 2.45. The highest BCUT2D eigenvalue weighted by Crippen LogP contribution is 2.37. The quantitative estimate of drug-likeness (QED) is 0.488. The molecule has 1 fully saturated rings. The van der Waals surface area contributed by atoms with Gasteiger partial charge >= 0.3 is 7.12 Å². The minimum atomic E-state index is -0.570. The standard InChI is InChI=1S/C15H22BNO4/c1-7-11-8-12(9-13(10(11)2)17(18)19)16-20-14(3,4)15(5,6)21-16/h8-9H,7H2,1-6H3. The molecule has 0 saturated carbocycles. The minimum absolute atomic E-state index is 0.124. The molecule has 0 aromatic heterocycles. The van der Waals surface area contributed by atoms with E-state index in [2.05, 4.69) is 0 Å². The summed E-state index contributed by atoms with van der Waals surface area (Å²) in [5.74, 6) is 0. The minimum Gasteiger partial charge on any atom is -0.399 e. The third-order valence-corrected chi connectivity index (χ3v) is 4.61. The Balaban J connectivity index is 2.47. The van der Waals surface area contributed by atoms with Crippen LogP contribution in [0, 0.1) is 17.0 Å². The molecule has 0 aliphatic carbocycles. The maximum Gasteiger partial charge on any atom is 0.495 e. The highest BCUT2D eigenvalue weighted by molar-refractivity contribution is 6.62. The van der Waals surface area contributed by atoms with Gasteiger partial charge in [-0.25, -0.2) is 0 Å². The predicted octanol–water partition coefficient (Wildman–Crippen LogP) is 2.76. The molecule has 2 rings (SSSR count). The second-order valence-electron chi connectivity index (χ2n) is 6.52. The summed E-state index contributed by atoms with van der Waals surface area (Å²) in [6.07, 6.45) is 0.736. The fraction of sp³-hybridized carbons (Fsp3) is 0.600. The van der Waals surface area contributed by atoms with Crippen molar-refractivity contribution in [2.45, 2.75) is 59.2 Å². The van der Waals surface area contributed by atoms with Crippen LogP contribution in [0.4, 0.5) is 5.69 Å². The van der Waals surface area contributed by atoms with Crippen LogP contribution in [0.1, 0.15) is 45.7 Å². The van der Waals surface area contributed by atoms with Crippen LogP contribution in [-0.2, 0) is 15.7 Å². The molecule has 21 heavy (non-hydrogen) atoms. The first kappa shape index (κ1) is 16.0. The van der Waals surface area contributed by atoms with E-state index in [4.69, 9.17) is 9.31 Å². The first-order chi connectivity index (χ1) is 9.59. The van der Waals surface area contributed by atoms with Gasteiger partial charge in [0.05, 0.1) is 16.1 Å². The smallest absolute Gasteiger partial charge is 0.399 e. The molecule has 1 aromatic rings. The lowest BCUT2D eigenvalue weighted by Crippen LogP contribution is -2.41. The molecule has 5 nitrogen and oxygen atoms in total. The molecule has 0 N–H and O–H groups in total. The molecule has 0 unspecified atom stereocenters. The lowest BCUT2D eigenvalue weighted by molar-refractivity contribution is -0.385. The van der Waals surface area contributed by atoms with E-state index in [0.29, 0.717) is 11.0 Å². The van der Waals surface area contributed by atoms with Gasteiger partial charge in [0.25, 0.3) is 5.69 Å². The average Bonchev–Trinajstić information content (AvgIpc) is 2.58. The molecule has 1 aromatic carbocycles. The van der Waals surface area contributed by atoms with Crippen molar-refractivity contribution in [1.29, 1.82) is 0 Å². The fourth-order valence-electron chi connectivity index (χ4n) is 2.45. The van der Waals surface area contributed by atoms with Crippen molar-refractivity contribution in [2.24, 2.45) is 0 Å². The topological polar surface area (TPSA) is 61.6 Å². The van der Waals surface area contributed by atoms with E-state index in [9.17, 15) is 10.1 Å². The van der Waals surface area contributed by atoms with E-state index < -0.39 is 18.3 Å². The molecule has 1 saturated heterocycles. The zero-order valence-corrected chi connectivity index (χ0v) is 13.5. The van der Waals surface area contributed by atoms with Gasteiger partial charge in [-0.2, -0.15) is 0 Å². The monoisotopic (exact) mass is 291 g/mol. The van der Waals surface area contributed by atoms with Crippen LogP contribution in [0.2, 0.25) is 0 Å². The molecular formula is C15H22BNO4. The first-order valence-electron chi connectivity index (χ1n) is 7.22. The van der Waals surface area contributed by atoms with Crippen molar-refractivity contribution in [2.75, 3.05) is 0 Å². The van der Waals surface area contributed by atoms with Crippen LogP contribution in [0.25, 0.3) is 0 Å². The maximum atomic E-state index is 11.2. The van der Waals surface area contributed by atoms with Gasteiger partial charge in [0.2, 0.25) is 0 Å². The number of hydrogen-bond acceptors (Lipinski definition) is 4. The van der Waals surface area contributed by atoms with Crippen molar-refractivity contribution < 1.29 is 14.2 Å². The van der Waals surface area contributed by atoms with E-state index in [1.165, 1.54) is 0 Å². The van der Waals surface area contributed by atoms with Gasteiger partial charge in [-0.3, -0.25) is 10.1 Å². The molecular weight excluding hydrogens is 269 g/mol. The average molecular weight is 291 g/mol. The molecule has 114 valence electrons. The Labute approximate surface area is 125 Å². The Hall–Kier alpha value is -1.40. The van der Waals surface area contributed by atoms with Crippen LogP contribution in [0.3, 0.4) is 0 Å². The Bertz CT molecular complexity index is 567. The van der Waals surface area contributed by atoms with Gasteiger partial charge in [0.1, 0.15) is 0 Å². The highest BCUT2D eigenvalue weighted by Gasteiger charge is 2.52. The molecule has 0 radical (unpaired) electrons. The molecule has 0 amide bonds. The number of benzene rings is 1. The molecule has 1 aliphatic rings. The summed E-state index contributed by atoms with van der Waals surface area (Å²) >= 11 is 0. The van der Waals surface area contributed by atoms with Gasteiger partial charge < -0.3 is 9.31 Å².